The molecule has 0 aliphatic rings. The van der Waals surface area contributed by atoms with Crippen LogP contribution in [0.3, 0.4) is 0 Å². The van der Waals surface area contributed by atoms with Crippen molar-refractivity contribution in [3.63, 3.8) is 0 Å². The van der Waals surface area contributed by atoms with Gasteiger partial charge in [0.2, 0.25) is 10.0 Å². The number of nitrogens with zero attached hydrogens (tertiary/aromatic N) is 3. The van der Waals surface area contributed by atoms with Gasteiger partial charge in [-0.2, -0.15) is 0 Å². The summed E-state index contributed by atoms with van der Waals surface area (Å²) in [5, 5.41) is 0. The molecule has 3 rings (SSSR count). The highest BCUT2D eigenvalue weighted by Crippen LogP contribution is 2.24. The Morgan fingerprint density at radius 2 is 1.67 bits per heavy atom. The van der Waals surface area contributed by atoms with Gasteiger partial charge in [0.15, 0.2) is 15.7 Å². The minimum Gasteiger partial charge on any atom is -0.382 e. The number of hydrogen-bond donors (Lipinski definition) is 2. The number of nitrogen functional groups attached to an aromatic ring is 1. The van der Waals surface area contributed by atoms with E-state index in [0.717, 1.165) is 29.5 Å². The molecule has 2 heterocycles. The highest BCUT2D eigenvalue weighted by molar-refractivity contribution is 7.90. The van der Waals surface area contributed by atoms with E-state index < -0.39 is 19.9 Å². The summed E-state index contributed by atoms with van der Waals surface area (Å²) in [6.45, 7) is 4.82. The topological polar surface area (TPSA) is 137 Å². The number of hydrogen-bond acceptors (Lipinski definition) is 7. The van der Waals surface area contributed by atoms with Crippen molar-refractivity contribution in [3.05, 3.63) is 41.9 Å². The lowest BCUT2D eigenvalue weighted by Crippen LogP contribution is -2.25. The Kier molecular flexibility index (Phi) is 6.16. The number of aromatic nitrogens is 3. The number of nitrogens with two attached hydrogens (primary N) is 1. The molecule has 0 saturated heterocycles. The van der Waals surface area contributed by atoms with Crippen molar-refractivity contribution >= 4 is 36.7 Å². The Morgan fingerprint density at radius 3 is 2.30 bits per heavy atom. The van der Waals surface area contributed by atoms with Crippen LogP contribution in [0.4, 0.5) is 5.82 Å². The van der Waals surface area contributed by atoms with Crippen LogP contribution in [0.2, 0.25) is 0 Å². The Bertz CT molecular complexity index is 1280. The number of sulfonamides is 1. The van der Waals surface area contributed by atoms with E-state index in [4.69, 9.17) is 5.73 Å². The number of imidazole rings is 1. The Balaban J connectivity index is 1.58. The second-order valence-corrected chi connectivity index (χ2v) is 11.0. The third kappa shape index (κ3) is 4.63. The Hall–Kier alpha value is -2.50. The van der Waals surface area contributed by atoms with E-state index in [1.165, 1.54) is 24.3 Å². The molecule has 0 bridgehead atoms. The first-order valence-electron chi connectivity index (χ1n) is 9.38. The quantitative estimate of drug-likeness (QED) is 0.498. The highest BCUT2D eigenvalue weighted by Gasteiger charge is 2.16. The van der Waals surface area contributed by atoms with Crippen LogP contribution in [-0.2, 0) is 26.4 Å². The number of sulfone groups is 1. The van der Waals surface area contributed by atoms with Crippen molar-refractivity contribution in [3.8, 4) is 0 Å². The summed E-state index contributed by atoms with van der Waals surface area (Å²) in [6.07, 6.45) is 4.16. The second kappa shape index (κ2) is 8.32. The van der Waals surface area contributed by atoms with E-state index in [-0.39, 0.29) is 16.3 Å². The van der Waals surface area contributed by atoms with Crippen molar-refractivity contribution in [2.45, 2.75) is 43.0 Å². The maximum absolute atomic E-state index is 12.4. The first kappa shape index (κ1) is 22.2. The predicted octanol–water partition coefficient (Wildman–Crippen LogP) is 1.79. The Labute approximate surface area is 176 Å². The number of unbranched alkanes of at least 4 members (excludes halogenated alkanes) is 1. The molecule has 0 unspecified atom stereocenters. The molecule has 1 aromatic carbocycles. The lowest BCUT2D eigenvalue weighted by Gasteiger charge is -2.10. The lowest BCUT2D eigenvalue weighted by atomic mass is 10.2. The highest BCUT2D eigenvalue weighted by atomic mass is 32.2. The van der Waals surface area contributed by atoms with E-state index in [1.807, 2.05) is 18.4 Å². The fraction of sp³-hybridized carbons (Fsp3) is 0.368. The van der Waals surface area contributed by atoms with Crippen LogP contribution in [0.1, 0.15) is 24.1 Å². The zero-order valence-electron chi connectivity index (χ0n) is 17.1. The van der Waals surface area contributed by atoms with Crippen LogP contribution in [0, 0.1) is 13.8 Å². The molecule has 3 aromatic rings. The molecule has 162 valence electrons. The molecular weight excluding hydrogens is 426 g/mol. The minimum atomic E-state index is -3.70. The zero-order valence-corrected chi connectivity index (χ0v) is 18.7. The third-order valence-electron chi connectivity index (χ3n) is 4.95. The van der Waals surface area contributed by atoms with Crippen molar-refractivity contribution in [2.24, 2.45) is 0 Å². The molecule has 11 heteroatoms. The molecule has 0 aliphatic carbocycles. The van der Waals surface area contributed by atoms with E-state index in [9.17, 15) is 16.8 Å². The van der Waals surface area contributed by atoms with E-state index in [1.54, 1.807) is 6.33 Å². The maximum Gasteiger partial charge on any atom is 0.240 e. The number of rotatable bonds is 8. The number of aryl methyl sites for hydroxylation is 3. The SMILES string of the molecule is Cc1nc(N)c2ncn(CCCCNS(=O)(=O)c3ccc(S(C)(=O)=O)cc3)c2c1C. The molecule has 2 aromatic heterocycles. The third-order valence-corrected chi connectivity index (χ3v) is 7.55. The van der Waals surface area contributed by atoms with Gasteiger partial charge in [-0.3, -0.25) is 0 Å². The van der Waals surface area contributed by atoms with Gasteiger partial charge < -0.3 is 10.3 Å². The van der Waals surface area contributed by atoms with Gasteiger partial charge in [-0.1, -0.05) is 0 Å². The molecular formula is C19H25N5O4S2. The summed E-state index contributed by atoms with van der Waals surface area (Å²) in [7, 11) is -7.07. The molecule has 0 radical (unpaired) electrons. The number of fused-ring (bicyclic) bond motifs is 1. The average Bonchev–Trinajstić information content (AvgIpc) is 3.10. The van der Waals surface area contributed by atoms with Gasteiger partial charge in [0, 0.05) is 25.0 Å². The normalized spacial score (nSPS) is 12.5. The van der Waals surface area contributed by atoms with Crippen molar-refractivity contribution in [2.75, 3.05) is 18.5 Å². The molecule has 30 heavy (non-hydrogen) atoms. The standard InChI is InChI=1S/C19H25N5O4S2/c1-13-14(2)23-19(20)17-18(13)24(12-21-17)11-5-4-10-22-30(27,28)16-8-6-15(7-9-16)29(3,25)26/h6-9,12,22H,4-5,10-11H2,1-3H3,(H2,20,23). The first-order chi connectivity index (χ1) is 14.0. The number of benzene rings is 1. The minimum absolute atomic E-state index is 0.0320. The molecule has 9 nitrogen and oxygen atoms in total. The molecule has 0 fully saturated rings. The molecule has 0 spiro atoms. The van der Waals surface area contributed by atoms with E-state index >= 15 is 0 Å². The number of pyridine rings is 1. The van der Waals surface area contributed by atoms with Gasteiger partial charge in [0.25, 0.3) is 0 Å². The number of nitrogens with one attached hydrogen (secondary N) is 1. The summed E-state index contributed by atoms with van der Waals surface area (Å²) >= 11 is 0. The summed E-state index contributed by atoms with van der Waals surface area (Å²) in [5.41, 5.74) is 9.46. The summed E-state index contributed by atoms with van der Waals surface area (Å²) in [6, 6.07) is 5.16. The molecule has 3 N–H and O–H groups in total. The van der Waals surface area contributed by atoms with E-state index in [2.05, 4.69) is 14.7 Å². The lowest BCUT2D eigenvalue weighted by molar-refractivity contribution is 0.568. The van der Waals surface area contributed by atoms with Crippen LogP contribution in [-0.4, -0.2) is 44.2 Å². The van der Waals surface area contributed by atoms with Crippen LogP contribution in [0.5, 0.6) is 0 Å². The molecule has 0 aliphatic heterocycles. The van der Waals surface area contributed by atoms with Crippen LogP contribution < -0.4 is 10.5 Å². The molecule has 0 saturated carbocycles. The van der Waals surface area contributed by atoms with Crippen molar-refractivity contribution in [1.82, 2.24) is 19.3 Å². The average molecular weight is 452 g/mol. The smallest absolute Gasteiger partial charge is 0.240 e. The fourth-order valence-electron chi connectivity index (χ4n) is 3.18. The molecule has 0 atom stereocenters. The van der Waals surface area contributed by atoms with Gasteiger partial charge in [0.1, 0.15) is 5.52 Å². The van der Waals surface area contributed by atoms with Gasteiger partial charge in [-0.25, -0.2) is 31.5 Å². The zero-order chi connectivity index (χ0) is 22.1. The summed E-state index contributed by atoms with van der Waals surface area (Å²) in [4.78, 5) is 8.75. The Morgan fingerprint density at radius 1 is 1.03 bits per heavy atom. The van der Waals surface area contributed by atoms with E-state index in [0.29, 0.717) is 24.3 Å². The molecule has 0 amide bonds. The van der Waals surface area contributed by atoms with Crippen LogP contribution in [0.15, 0.2) is 40.4 Å². The van der Waals surface area contributed by atoms with Crippen molar-refractivity contribution in [1.29, 1.82) is 0 Å². The monoisotopic (exact) mass is 451 g/mol. The van der Waals surface area contributed by atoms with Gasteiger partial charge in [0.05, 0.1) is 21.6 Å². The predicted molar refractivity (Wildman–Crippen MR) is 115 cm³/mol. The van der Waals surface area contributed by atoms with Gasteiger partial charge in [-0.15, -0.1) is 0 Å². The van der Waals surface area contributed by atoms with Crippen LogP contribution >= 0.6 is 0 Å². The van der Waals surface area contributed by atoms with Gasteiger partial charge >= 0.3 is 0 Å². The summed E-state index contributed by atoms with van der Waals surface area (Å²) in [5.74, 6) is 0.404. The van der Waals surface area contributed by atoms with Gasteiger partial charge in [-0.05, 0) is 56.5 Å². The van der Waals surface area contributed by atoms with Crippen molar-refractivity contribution < 1.29 is 16.8 Å². The fourth-order valence-corrected chi connectivity index (χ4v) is 4.89. The second-order valence-electron chi connectivity index (χ2n) is 7.19. The largest absolute Gasteiger partial charge is 0.382 e. The van der Waals surface area contributed by atoms with Crippen LogP contribution in [0.25, 0.3) is 11.0 Å². The maximum atomic E-state index is 12.4. The summed E-state index contributed by atoms with van der Waals surface area (Å²) < 4.78 is 52.3. The number of anilines is 1. The first-order valence-corrected chi connectivity index (χ1v) is 12.8.